The Kier molecular flexibility index (Phi) is 2.23. The Labute approximate surface area is 100.0 Å². The normalized spacial score (nSPS) is 24.3. The van der Waals surface area contributed by atoms with Gasteiger partial charge in [0.15, 0.2) is 9.84 Å². The molecule has 17 heavy (non-hydrogen) atoms. The second-order valence-corrected chi connectivity index (χ2v) is 7.17. The van der Waals surface area contributed by atoms with Gasteiger partial charge in [-0.3, -0.25) is 0 Å². The SMILES string of the molecule is O=S1(=O)c2cccc(F)c2NCC12CCCC2. The summed E-state index contributed by atoms with van der Waals surface area (Å²) < 4.78 is 38.0. The Morgan fingerprint density at radius 3 is 2.65 bits per heavy atom. The van der Waals surface area contributed by atoms with Crippen molar-refractivity contribution < 1.29 is 12.8 Å². The molecule has 1 saturated carbocycles. The highest BCUT2D eigenvalue weighted by Gasteiger charge is 2.50. The number of para-hydroxylation sites is 1. The van der Waals surface area contributed by atoms with Crippen LogP contribution in [0.3, 0.4) is 0 Å². The van der Waals surface area contributed by atoms with E-state index in [9.17, 15) is 12.8 Å². The predicted octanol–water partition coefficient (Wildman–Crippen LogP) is 2.34. The minimum absolute atomic E-state index is 0.130. The first-order chi connectivity index (χ1) is 8.07. The molecule has 1 spiro atoms. The van der Waals surface area contributed by atoms with Gasteiger partial charge in [0.25, 0.3) is 0 Å². The average Bonchev–Trinajstić information content (AvgIpc) is 2.75. The molecule has 3 rings (SSSR count). The van der Waals surface area contributed by atoms with Crippen LogP contribution in [0.15, 0.2) is 23.1 Å². The molecule has 5 heteroatoms. The van der Waals surface area contributed by atoms with Crippen LogP contribution in [0.5, 0.6) is 0 Å². The lowest BCUT2D eigenvalue weighted by Crippen LogP contribution is -2.46. The summed E-state index contributed by atoms with van der Waals surface area (Å²) in [6, 6.07) is 4.25. The first kappa shape index (κ1) is 11.0. The monoisotopic (exact) mass is 255 g/mol. The van der Waals surface area contributed by atoms with Gasteiger partial charge in [-0.05, 0) is 25.0 Å². The van der Waals surface area contributed by atoms with Crippen LogP contribution in [0.1, 0.15) is 25.7 Å². The minimum Gasteiger partial charge on any atom is -0.380 e. The highest BCUT2D eigenvalue weighted by atomic mass is 32.2. The summed E-state index contributed by atoms with van der Waals surface area (Å²) in [5.41, 5.74) is 0.144. The van der Waals surface area contributed by atoms with Gasteiger partial charge in [-0.15, -0.1) is 0 Å². The molecule has 1 aromatic carbocycles. The van der Waals surface area contributed by atoms with Crippen molar-refractivity contribution in [3.8, 4) is 0 Å². The van der Waals surface area contributed by atoms with Crippen LogP contribution in [0, 0.1) is 5.82 Å². The average molecular weight is 255 g/mol. The van der Waals surface area contributed by atoms with Gasteiger partial charge in [-0.2, -0.15) is 0 Å². The van der Waals surface area contributed by atoms with E-state index in [-0.39, 0.29) is 10.6 Å². The van der Waals surface area contributed by atoms with Crippen molar-refractivity contribution in [2.45, 2.75) is 35.3 Å². The van der Waals surface area contributed by atoms with E-state index in [0.29, 0.717) is 19.4 Å². The van der Waals surface area contributed by atoms with E-state index in [4.69, 9.17) is 0 Å². The fourth-order valence-corrected chi connectivity index (χ4v) is 5.19. The Morgan fingerprint density at radius 1 is 1.24 bits per heavy atom. The number of hydrogen-bond donors (Lipinski definition) is 1. The maximum atomic E-state index is 13.6. The Hall–Kier alpha value is -1.10. The Morgan fingerprint density at radius 2 is 1.94 bits per heavy atom. The predicted molar refractivity (Wildman–Crippen MR) is 63.3 cm³/mol. The number of fused-ring (bicyclic) bond motifs is 1. The molecule has 0 radical (unpaired) electrons. The van der Waals surface area contributed by atoms with Crippen LogP contribution >= 0.6 is 0 Å². The standard InChI is InChI=1S/C12H14FNO2S/c13-9-4-3-5-10-11(9)14-8-12(17(10,15)16)6-1-2-7-12/h3-5,14H,1-2,6-8H2. The summed E-state index contributed by atoms with van der Waals surface area (Å²) in [7, 11) is -3.41. The van der Waals surface area contributed by atoms with E-state index < -0.39 is 20.4 Å². The van der Waals surface area contributed by atoms with E-state index in [1.54, 1.807) is 0 Å². The first-order valence-corrected chi connectivity index (χ1v) is 7.32. The van der Waals surface area contributed by atoms with Crippen molar-refractivity contribution in [2.24, 2.45) is 0 Å². The van der Waals surface area contributed by atoms with E-state index in [2.05, 4.69) is 5.32 Å². The molecule has 2 aliphatic rings. The number of anilines is 1. The Bertz CT molecular complexity index is 562. The molecule has 1 heterocycles. The highest BCUT2D eigenvalue weighted by molar-refractivity contribution is 7.93. The molecule has 1 N–H and O–H groups in total. The zero-order chi connectivity index (χ0) is 12.1. The van der Waals surface area contributed by atoms with Crippen molar-refractivity contribution in [3.63, 3.8) is 0 Å². The molecule has 1 aromatic rings. The van der Waals surface area contributed by atoms with Gasteiger partial charge in [0.2, 0.25) is 0 Å². The summed E-state index contributed by atoms with van der Waals surface area (Å²) in [4.78, 5) is 0.130. The van der Waals surface area contributed by atoms with E-state index in [1.165, 1.54) is 18.2 Å². The molecule has 0 unspecified atom stereocenters. The van der Waals surface area contributed by atoms with Crippen LogP contribution < -0.4 is 5.32 Å². The van der Waals surface area contributed by atoms with Crippen LogP contribution in [0.25, 0.3) is 0 Å². The molecular weight excluding hydrogens is 241 g/mol. The second-order valence-electron chi connectivity index (χ2n) is 4.86. The summed E-state index contributed by atoms with van der Waals surface area (Å²) in [6.07, 6.45) is 3.23. The van der Waals surface area contributed by atoms with E-state index in [1.807, 2.05) is 0 Å². The van der Waals surface area contributed by atoms with Gasteiger partial charge in [0, 0.05) is 6.54 Å². The molecule has 1 fully saturated rings. The molecule has 3 nitrogen and oxygen atoms in total. The molecule has 0 bridgehead atoms. The van der Waals surface area contributed by atoms with Gasteiger partial charge in [0.1, 0.15) is 5.82 Å². The number of halogens is 1. The lowest BCUT2D eigenvalue weighted by atomic mass is 10.1. The molecule has 1 aliphatic heterocycles. The largest absolute Gasteiger partial charge is 0.380 e. The zero-order valence-electron chi connectivity index (χ0n) is 9.37. The van der Waals surface area contributed by atoms with Gasteiger partial charge >= 0.3 is 0 Å². The first-order valence-electron chi connectivity index (χ1n) is 5.84. The molecule has 0 amide bonds. The van der Waals surface area contributed by atoms with Crippen molar-refractivity contribution in [2.75, 3.05) is 11.9 Å². The maximum Gasteiger partial charge on any atom is 0.187 e. The quantitative estimate of drug-likeness (QED) is 0.774. The zero-order valence-corrected chi connectivity index (χ0v) is 10.2. The summed E-state index contributed by atoms with van der Waals surface area (Å²) in [5.74, 6) is -0.487. The van der Waals surface area contributed by atoms with Gasteiger partial charge in [0.05, 0.1) is 15.3 Å². The summed E-state index contributed by atoms with van der Waals surface area (Å²) >= 11 is 0. The topological polar surface area (TPSA) is 46.2 Å². The van der Waals surface area contributed by atoms with Crippen molar-refractivity contribution in [1.82, 2.24) is 0 Å². The van der Waals surface area contributed by atoms with E-state index in [0.717, 1.165) is 12.8 Å². The lowest BCUT2D eigenvalue weighted by Gasteiger charge is -2.35. The van der Waals surface area contributed by atoms with Gasteiger partial charge in [-0.1, -0.05) is 18.9 Å². The van der Waals surface area contributed by atoms with Crippen LogP contribution in [0.4, 0.5) is 10.1 Å². The smallest absolute Gasteiger partial charge is 0.187 e. The number of nitrogens with one attached hydrogen (secondary N) is 1. The fourth-order valence-electron chi connectivity index (χ4n) is 2.94. The number of hydrogen-bond acceptors (Lipinski definition) is 3. The van der Waals surface area contributed by atoms with Crippen LogP contribution in [-0.4, -0.2) is 19.7 Å². The van der Waals surface area contributed by atoms with Gasteiger partial charge < -0.3 is 5.32 Å². The van der Waals surface area contributed by atoms with E-state index >= 15 is 0 Å². The van der Waals surface area contributed by atoms with Gasteiger partial charge in [-0.25, -0.2) is 12.8 Å². The maximum absolute atomic E-state index is 13.6. The summed E-state index contributed by atoms with van der Waals surface area (Å²) in [6.45, 7) is 0.337. The lowest BCUT2D eigenvalue weighted by molar-refractivity contribution is 0.511. The molecule has 0 saturated heterocycles. The third-order valence-corrected chi connectivity index (χ3v) is 6.55. The summed E-state index contributed by atoms with van der Waals surface area (Å²) in [5, 5.41) is 2.97. The molecule has 0 atom stereocenters. The van der Waals surface area contributed by atoms with Crippen molar-refractivity contribution in [1.29, 1.82) is 0 Å². The number of rotatable bonds is 0. The number of benzene rings is 1. The van der Waals surface area contributed by atoms with Crippen LogP contribution in [-0.2, 0) is 9.84 Å². The number of sulfone groups is 1. The molecule has 1 aliphatic carbocycles. The fraction of sp³-hybridized carbons (Fsp3) is 0.500. The molecule has 0 aromatic heterocycles. The minimum atomic E-state index is -3.41. The third-order valence-electron chi connectivity index (χ3n) is 3.94. The highest BCUT2D eigenvalue weighted by Crippen LogP contribution is 2.45. The molecule has 92 valence electrons. The van der Waals surface area contributed by atoms with Crippen molar-refractivity contribution in [3.05, 3.63) is 24.0 Å². The second kappa shape index (κ2) is 3.45. The van der Waals surface area contributed by atoms with Crippen molar-refractivity contribution >= 4 is 15.5 Å². The third kappa shape index (κ3) is 1.35. The molecular formula is C12H14FNO2S. The Balaban J connectivity index is 2.22. The van der Waals surface area contributed by atoms with Crippen LogP contribution in [0.2, 0.25) is 0 Å².